The maximum Gasteiger partial charge on any atom is 0.231 e. The average Bonchev–Trinajstić information content (AvgIpc) is 2.64. The third-order valence-electron chi connectivity index (χ3n) is 2.49. The van der Waals surface area contributed by atoms with E-state index in [9.17, 15) is 4.39 Å². The predicted octanol–water partition coefficient (Wildman–Crippen LogP) is 1.84. The molecule has 0 bridgehead atoms. The fraction of sp³-hybridized carbons (Fsp3) is 0.500. The highest BCUT2D eigenvalue weighted by Gasteiger charge is 2.27. The molecule has 0 saturated heterocycles. The molecule has 0 spiro atoms. The van der Waals surface area contributed by atoms with Crippen LogP contribution in [0.3, 0.4) is 0 Å². The molecule has 0 fully saturated rings. The molecule has 0 aromatic heterocycles. The highest BCUT2D eigenvalue weighted by molar-refractivity contribution is 5.53. The first-order valence-corrected chi connectivity index (χ1v) is 5.36. The Morgan fingerprint density at radius 2 is 2.18 bits per heavy atom. The van der Waals surface area contributed by atoms with E-state index in [1.165, 1.54) is 7.11 Å². The van der Waals surface area contributed by atoms with Gasteiger partial charge in [-0.05, 0) is 26.3 Å². The topological polar surface area (TPSA) is 53.7 Å². The lowest BCUT2D eigenvalue weighted by molar-refractivity contribution is 0.170. The first-order valence-electron chi connectivity index (χ1n) is 5.36. The zero-order chi connectivity index (χ0) is 12.6. The van der Waals surface area contributed by atoms with Gasteiger partial charge in [0.15, 0.2) is 11.5 Å². The molecule has 0 unspecified atom stereocenters. The number of fused-ring (bicyclic) bond motifs is 1. The Hall–Kier alpha value is -1.49. The van der Waals surface area contributed by atoms with E-state index < -0.39 is 11.4 Å². The lowest BCUT2D eigenvalue weighted by Crippen LogP contribution is -2.34. The van der Waals surface area contributed by atoms with Gasteiger partial charge in [0.1, 0.15) is 0 Å². The van der Waals surface area contributed by atoms with E-state index in [4.69, 9.17) is 19.9 Å². The Labute approximate surface area is 99.5 Å². The van der Waals surface area contributed by atoms with Crippen LogP contribution in [0.4, 0.5) is 4.39 Å². The highest BCUT2D eigenvalue weighted by atomic mass is 19.1. The number of halogens is 1. The van der Waals surface area contributed by atoms with Gasteiger partial charge in [0, 0.05) is 11.1 Å². The van der Waals surface area contributed by atoms with Crippen molar-refractivity contribution in [2.75, 3.05) is 13.9 Å². The van der Waals surface area contributed by atoms with Crippen LogP contribution in [-0.4, -0.2) is 19.4 Å². The van der Waals surface area contributed by atoms with Crippen LogP contribution < -0.4 is 19.9 Å². The summed E-state index contributed by atoms with van der Waals surface area (Å²) in [4.78, 5) is 0. The summed E-state index contributed by atoms with van der Waals surface area (Å²) in [5.74, 6) is 0.164. The molecule has 1 aliphatic rings. The standard InChI is InChI=1S/C12H16FNO3/c1-12(2,14)5-7-4-8-11(17-6-16-8)9(13)10(7)15-3/h4H,5-6,14H2,1-3H3. The Morgan fingerprint density at radius 3 is 2.76 bits per heavy atom. The number of methoxy groups -OCH3 is 1. The molecule has 17 heavy (non-hydrogen) atoms. The van der Waals surface area contributed by atoms with Crippen LogP contribution in [0.25, 0.3) is 0 Å². The van der Waals surface area contributed by atoms with Gasteiger partial charge in [0.05, 0.1) is 7.11 Å². The second kappa shape index (κ2) is 4.07. The molecule has 0 saturated carbocycles. The molecule has 0 amide bonds. The minimum atomic E-state index is -0.526. The van der Waals surface area contributed by atoms with E-state index in [1.807, 2.05) is 13.8 Å². The molecular formula is C12H16FNO3. The second-order valence-corrected chi connectivity index (χ2v) is 4.78. The summed E-state index contributed by atoms with van der Waals surface area (Å²) in [6.07, 6.45) is 0.490. The van der Waals surface area contributed by atoms with Crippen molar-refractivity contribution >= 4 is 0 Å². The smallest absolute Gasteiger partial charge is 0.231 e. The zero-order valence-electron chi connectivity index (χ0n) is 10.2. The van der Waals surface area contributed by atoms with E-state index in [0.29, 0.717) is 17.7 Å². The van der Waals surface area contributed by atoms with Gasteiger partial charge < -0.3 is 19.9 Å². The van der Waals surface area contributed by atoms with Crippen LogP contribution in [0.1, 0.15) is 19.4 Å². The van der Waals surface area contributed by atoms with Crippen molar-refractivity contribution in [1.82, 2.24) is 0 Å². The van der Waals surface area contributed by atoms with Crippen LogP contribution >= 0.6 is 0 Å². The van der Waals surface area contributed by atoms with Gasteiger partial charge >= 0.3 is 0 Å². The summed E-state index contributed by atoms with van der Waals surface area (Å²) < 4.78 is 29.3. The van der Waals surface area contributed by atoms with Gasteiger partial charge in [-0.2, -0.15) is 4.39 Å². The number of nitrogens with two attached hydrogens (primary N) is 1. The van der Waals surface area contributed by atoms with Crippen molar-refractivity contribution in [2.24, 2.45) is 5.73 Å². The van der Waals surface area contributed by atoms with Crippen molar-refractivity contribution in [3.63, 3.8) is 0 Å². The molecule has 2 rings (SSSR count). The van der Waals surface area contributed by atoms with Gasteiger partial charge in [-0.15, -0.1) is 0 Å². The molecule has 0 atom stereocenters. The van der Waals surface area contributed by atoms with E-state index in [1.54, 1.807) is 6.07 Å². The van der Waals surface area contributed by atoms with Gasteiger partial charge in [-0.25, -0.2) is 0 Å². The lowest BCUT2D eigenvalue weighted by Gasteiger charge is -2.20. The molecule has 0 aliphatic carbocycles. The molecule has 1 aliphatic heterocycles. The summed E-state index contributed by atoms with van der Waals surface area (Å²) in [5, 5.41) is 0. The molecular weight excluding hydrogens is 225 g/mol. The van der Waals surface area contributed by atoms with Crippen LogP contribution in [0.15, 0.2) is 6.07 Å². The van der Waals surface area contributed by atoms with Crippen LogP contribution in [0, 0.1) is 5.82 Å². The van der Waals surface area contributed by atoms with Crippen molar-refractivity contribution in [2.45, 2.75) is 25.8 Å². The van der Waals surface area contributed by atoms with Crippen LogP contribution in [0.2, 0.25) is 0 Å². The number of rotatable bonds is 3. The molecule has 94 valence electrons. The van der Waals surface area contributed by atoms with Crippen LogP contribution in [-0.2, 0) is 6.42 Å². The summed E-state index contributed by atoms with van der Waals surface area (Å²) in [6, 6.07) is 1.72. The fourth-order valence-electron chi connectivity index (χ4n) is 1.88. The quantitative estimate of drug-likeness (QED) is 0.877. The van der Waals surface area contributed by atoms with Gasteiger partial charge in [-0.1, -0.05) is 0 Å². The molecule has 1 aromatic rings. The monoisotopic (exact) mass is 241 g/mol. The van der Waals surface area contributed by atoms with E-state index in [-0.39, 0.29) is 18.3 Å². The Balaban J connectivity index is 2.48. The van der Waals surface area contributed by atoms with E-state index in [0.717, 1.165) is 0 Å². The number of ether oxygens (including phenoxy) is 3. The lowest BCUT2D eigenvalue weighted by atomic mass is 9.95. The molecule has 2 N–H and O–H groups in total. The number of hydrogen-bond acceptors (Lipinski definition) is 4. The zero-order valence-corrected chi connectivity index (χ0v) is 10.2. The minimum absolute atomic E-state index is 0.0326. The molecule has 5 heteroatoms. The summed E-state index contributed by atoms with van der Waals surface area (Å²) in [6.45, 7) is 3.77. The van der Waals surface area contributed by atoms with Crippen molar-refractivity contribution < 1.29 is 18.6 Å². The average molecular weight is 241 g/mol. The third-order valence-corrected chi connectivity index (χ3v) is 2.49. The van der Waals surface area contributed by atoms with Crippen molar-refractivity contribution in [3.05, 3.63) is 17.4 Å². The SMILES string of the molecule is COc1c(CC(C)(C)N)cc2c(c1F)OCO2. The molecule has 4 nitrogen and oxygen atoms in total. The minimum Gasteiger partial charge on any atom is -0.493 e. The summed E-state index contributed by atoms with van der Waals surface area (Å²) >= 11 is 0. The third kappa shape index (κ3) is 2.29. The van der Waals surface area contributed by atoms with Gasteiger partial charge in [0.25, 0.3) is 0 Å². The summed E-state index contributed by atoms with van der Waals surface area (Å²) in [5.41, 5.74) is 6.17. The first-order chi connectivity index (χ1) is 7.92. The maximum absolute atomic E-state index is 14.0. The molecule has 1 aromatic carbocycles. The predicted molar refractivity (Wildman–Crippen MR) is 61.0 cm³/mol. The molecule has 1 heterocycles. The highest BCUT2D eigenvalue weighted by Crippen LogP contribution is 2.42. The Morgan fingerprint density at radius 1 is 1.47 bits per heavy atom. The van der Waals surface area contributed by atoms with Crippen molar-refractivity contribution in [1.29, 1.82) is 0 Å². The van der Waals surface area contributed by atoms with Crippen molar-refractivity contribution in [3.8, 4) is 17.2 Å². The second-order valence-electron chi connectivity index (χ2n) is 4.78. The van der Waals surface area contributed by atoms with Gasteiger partial charge in [0.2, 0.25) is 18.4 Å². The van der Waals surface area contributed by atoms with E-state index >= 15 is 0 Å². The number of benzene rings is 1. The Bertz CT molecular complexity index is 440. The van der Waals surface area contributed by atoms with Gasteiger partial charge in [-0.3, -0.25) is 0 Å². The van der Waals surface area contributed by atoms with E-state index in [2.05, 4.69) is 0 Å². The normalized spacial score (nSPS) is 13.9. The van der Waals surface area contributed by atoms with Crippen LogP contribution in [0.5, 0.6) is 17.2 Å². The Kier molecular flexibility index (Phi) is 2.87. The number of hydrogen-bond donors (Lipinski definition) is 1. The first kappa shape index (κ1) is 12.0. The fourth-order valence-corrected chi connectivity index (χ4v) is 1.88. The molecule has 0 radical (unpaired) electrons. The maximum atomic E-state index is 14.0. The largest absolute Gasteiger partial charge is 0.493 e. The summed E-state index contributed by atoms with van der Waals surface area (Å²) in [7, 11) is 1.42.